The van der Waals surface area contributed by atoms with Crippen molar-refractivity contribution in [3.63, 3.8) is 0 Å². The molecule has 150 valence electrons. The van der Waals surface area contributed by atoms with E-state index in [1.165, 1.54) is 10.5 Å². The van der Waals surface area contributed by atoms with Gasteiger partial charge in [-0.25, -0.2) is 4.90 Å². The van der Waals surface area contributed by atoms with Crippen LogP contribution in [-0.2, 0) is 16.0 Å². The van der Waals surface area contributed by atoms with Crippen molar-refractivity contribution in [1.29, 1.82) is 0 Å². The number of nitrogens with zero attached hydrogens (tertiary/aromatic N) is 2. The highest BCUT2D eigenvalue weighted by molar-refractivity contribution is 6.45. The molecular weight excluding hydrogens is 360 g/mol. The highest BCUT2D eigenvalue weighted by Gasteiger charge is 2.43. The number of benzene rings is 2. The molecule has 0 aromatic heterocycles. The maximum absolute atomic E-state index is 13.5. The Hall–Kier alpha value is -2.88. The van der Waals surface area contributed by atoms with Crippen LogP contribution >= 0.6 is 0 Å². The molecule has 29 heavy (non-hydrogen) atoms. The molecule has 1 saturated heterocycles. The molecule has 2 aromatic carbocycles. The van der Waals surface area contributed by atoms with E-state index < -0.39 is 0 Å². The first-order valence-electron chi connectivity index (χ1n) is 10.5. The van der Waals surface area contributed by atoms with Crippen molar-refractivity contribution in [3.8, 4) is 0 Å². The predicted octanol–water partition coefficient (Wildman–Crippen LogP) is 4.57. The third kappa shape index (κ3) is 3.59. The Morgan fingerprint density at radius 1 is 0.966 bits per heavy atom. The highest BCUT2D eigenvalue weighted by Crippen LogP contribution is 2.36. The smallest absolute Gasteiger partial charge is 0.282 e. The summed E-state index contributed by atoms with van der Waals surface area (Å²) >= 11 is 0. The van der Waals surface area contributed by atoms with Gasteiger partial charge in [-0.2, -0.15) is 0 Å². The molecule has 0 N–H and O–H groups in total. The number of hydrogen-bond donors (Lipinski definition) is 0. The molecule has 4 rings (SSSR count). The molecule has 0 radical (unpaired) electrons. The molecule has 1 atom stereocenters. The van der Waals surface area contributed by atoms with Crippen LogP contribution in [0.15, 0.2) is 54.2 Å². The Kier molecular flexibility index (Phi) is 5.27. The van der Waals surface area contributed by atoms with Crippen molar-refractivity contribution in [1.82, 2.24) is 4.90 Å². The van der Waals surface area contributed by atoms with E-state index >= 15 is 0 Å². The number of likely N-dealkylation sites (tertiary alicyclic amines) is 1. The SMILES string of the molecule is CCc1ccc(N2C(=O)C(c3ccc(C)cc3)=C(N3CCCC(C)C3)C2=O)cc1. The van der Waals surface area contributed by atoms with Crippen molar-refractivity contribution in [2.24, 2.45) is 5.92 Å². The Morgan fingerprint density at radius 2 is 1.66 bits per heavy atom. The van der Waals surface area contributed by atoms with E-state index in [1.807, 2.05) is 55.5 Å². The number of anilines is 1. The molecular formula is C25H28N2O2. The first-order chi connectivity index (χ1) is 14.0. The van der Waals surface area contributed by atoms with E-state index in [0.29, 0.717) is 22.9 Å². The van der Waals surface area contributed by atoms with Gasteiger partial charge in [0.2, 0.25) is 0 Å². The first kappa shape index (κ1) is 19.4. The number of aryl methyl sites for hydroxylation is 2. The molecule has 0 saturated carbocycles. The van der Waals surface area contributed by atoms with Gasteiger partial charge >= 0.3 is 0 Å². The van der Waals surface area contributed by atoms with E-state index in [0.717, 1.165) is 43.5 Å². The molecule has 4 heteroatoms. The minimum Gasteiger partial charge on any atom is -0.366 e. The Labute approximate surface area is 172 Å². The van der Waals surface area contributed by atoms with Crippen LogP contribution in [0.4, 0.5) is 5.69 Å². The fourth-order valence-corrected chi connectivity index (χ4v) is 4.30. The van der Waals surface area contributed by atoms with Crippen LogP contribution in [0.3, 0.4) is 0 Å². The van der Waals surface area contributed by atoms with Gasteiger partial charge in [0, 0.05) is 13.1 Å². The first-order valence-corrected chi connectivity index (χ1v) is 10.5. The largest absolute Gasteiger partial charge is 0.366 e. The number of rotatable bonds is 4. The third-order valence-electron chi connectivity index (χ3n) is 5.98. The van der Waals surface area contributed by atoms with Gasteiger partial charge in [-0.15, -0.1) is 0 Å². The lowest BCUT2D eigenvalue weighted by atomic mass is 9.97. The number of piperidine rings is 1. The minimum atomic E-state index is -0.226. The van der Waals surface area contributed by atoms with Gasteiger partial charge in [0.1, 0.15) is 5.70 Å². The van der Waals surface area contributed by atoms with Crippen LogP contribution < -0.4 is 4.90 Å². The third-order valence-corrected chi connectivity index (χ3v) is 5.98. The van der Waals surface area contributed by atoms with Gasteiger partial charge in [0.15, 0.2) is 0 Å². The lowest BCUT2D eigenvalue weighted by Gasteiger charge is -2.33. The maximum atomic E-state index is 13.5. The predicted molar refractivity (Wildman–Crippen MR) is 116 cm³/mol. The van der Waals surface area contributed by atoms with E-state index in [9.17, 15) is 9.59 Å². The fraction of sp³-hybridized carbons (Fsp3) is 0.360. The van der Waals surface area contributed by atoms with Crippen LogP contribution in [-0.4, -0.2) is 29.8 Å². The van der Waals surface area contributed by atoms with Gasteiger partial charge in [0.05, 0.1) is 11.3 Å². The topological polar surface area (TPSA) is 40.6 Å². The number of carbonyl (C=O) groups is 2. The summed E-state index contributed by atoms with van der Waals surface area (Å²) in [5, 5.41) is 0. The van der Waals surface area contributed by atoms with Crippen LogP contribution in [0.5, 0.6) is 0 Å². The molecule has 2 aromatic rings. The second kappa shape index (κ2) is 7.86. The fourth-order valence-electron chi connectivity index (χ4n) is 4.30. The van der Waals surface area contributed by atoms with Crippen molar-refractivity contribution < 1.29 is 9.59 Å². The monoisotopic (exact) mass is 388 g/mol. The lowest BCUT2D eigenvalue weighted by Crippen LogP contribution is -2.39. The number of imide groups is 1. The van der Waals surface area contributed by atoms with Gasteiger partial charge in [0.25, 0.3) is 11.8 Å². The van der Waals surface area contributed by atoms with Crippen molar-refractivity contribution in [2.45, 2.75) is 40.0 Å². The second-order valence-electron chi connectivity index (χ2n) is 8.25. The summed E-state index contributed by atoms with van der Waals surface area (Å²) in [7, 11) is 0. The van der Waals surface area contributed by atoms with Crippen LogP contribution in [0.1, 0.15) is 43.4 Å². The molecule has 2 amide bonds. The average molecular weight is 389 g/mol. The summed E-state index contributed by atoms with van der Waals surface area (Å²) in [5.74, 6) is 0.0801. The molecule has 0 aliphatic carbocycles. The number of hydrogen-bond acceptors (Lipinski definition) is 3. The van der Waals surface area contributed by atoms with Gasteiger partial charge < -0.3 is 4.90 Å². The normalized spacial score (nSPS) is 20.0. The maximum Gasteiger partial charge on any atom is 0.282 e. The molecule has 1 fully saturated rings. The highest BCUT2D eigenvalue weighted by atomic mass is 16.2. The van der Waals surface area contributed by atoms with E-state index in [4.69, 9.17) is 0 Å². The van der Waals surface area contributed by atoms with E-state index in [2.05, 4.69) is 18.7 Å². The van der Waals surface area contributed by atoms with Gasteiger partial charge in [-0.05, 0) is 55.4 Å². The number of amides is 2. The van der Waals surface area contributed by atoms with Crippen molar-refractivity contribution in [3.05, 3.63) is 70.9 Å². The zero-order valence-electron chi connectivity index (χ0n) is 17.4. The minimum absolute atomic E-state index is 0.205. The van der Waals surface area contributed by atoms with Gasteiger partial charge in [-0.3, -0.25) is 9.59 Å². The van der Waals surface area contributed by atoms with Crippen LogP contribution in [0.2, 0.25) is 0 Å². The Bertz CT molecular complexity index is 957. The summed E-state index contributed by atoms with van der Waals surface area (Å²) in [5.41, 5.74) is 4.86. The van der Waals surface area contributed by atoms with Crippen LogP contribution in [0.25, 0.3) is 5.57 Å². The summed E-state index contributed by atoms with van der Waals surface area (Å²) in [6.07, 6.45) is 3.12. The summed E-state index contributed by atoms with van der Waals surface area (Å²) in [4.78, 5) is 30.5. The van der Waals surface area contributed by atoms with Crippen LogP contribution in [0, 0.1) is 12.8 Å². The molecule has 4 nitrogen and oxygen atoms in total. The molecule has 0 bridgehead atoms. The zero-order chi connectivity index (χ0) is 20.5. The Balaban J connectivity index is 1.79. The van der Waals surface area contributed by atoms with Crippen molar-refractivity contribution in [2.75, 3.05) is 18.0 Å². The number of carbonyl (C=O) groups excluding carboxylic acids is 2. The molecule has 2 aliphatic heterocycles. The molecule has 2 heterocycles. The molecule has 0 spiro atoms. The quantitative estimate of drug-likeness (QED) is 0.720. The summed E-state index contributed by atoms with van der Waals surface area (Å²) < 4.78 is 0. The summed E-state index contributed by atoms with van der Waals surface area (Å²) in [6.45, 7) is 7.95. The van der Waals surface area contributed by atoms with Crippen molar-refractivity contribution >= 4 is 23.1 Å². The summed E-state index contributed by atoms with van der Waals surface area (Å²) in [6, 6.07) is 15.6. The van der Waals surface area contributed by atoms with E-state index in [-0.39, 0.29) is 11.8 Å². The molecule has 1 unspecified atom stereocenters. The van der Waals surface area contributed by atoms with E-state index in [1.54, 1.807) is 0 Å². The van der Waals surface area contributed by atoms with Gasteiger partial charge in [-0.1, -0.05) is 55.8 Å². The second-order valence-corrected chi connectivity index (χ2v) is 8.25. The Morgan fingerprint density at radius 3 is 2.28 bits per heavy atom. The molecule has 2 aliphatic rings. The average Bonchev–Trinajstić information content (AvgIpc) is 2.99. The zero-order valence-corrected chi connectivity index (χ0v) is 17.4. The standard InChI is InChI=1S/C25H28N2O2/c1-4-19-9-13-21(14-10-19)27-24(28)22(20-11-7-17(2)8-12-20)23(25(27)29)26-15-5-6-18(3)16-26/h7-14,18H,4-6,15-16H2,1-3H3. The lowest BCUT2D eigenvalue weighted by molar-refractivity contribution is -0.120.